The lowest BCUT2D eigenvalue weighted by Crippen LogP contribution is -2.11. The molecular weight excluding hydrogens is 615 g/mol. The van der Waals surface area contributed by atoms with E-state index >= 15 is 0 Å². The Morgan fingerprint density at radius 3 is 1.90 bits per heavy atom. The minimum atomic E-state index is 0.911. The van der Waals surface area contributed by atoms with Gasteiger partial charge in [0.15, 0.2) is 0 Å². The van der Waals surface area contributed by atoms with Gasteiger partial charge in [-0.05, 0) is 52.9 Å². The van der Waals surface area contributed by atoms with Gasteiger partial charge in [0.2, 0.25) is 0 Å². The molecule has 2 heterocycles. The first-order valence-corrected chi connectivity index (χ1v) is 17.4. The summed E-state index contributed by atoms with van der Waals surface area (Å²) in [7, 11) is 0. The second-order valence-electron chi connectivity index (χ2n) is 12.5. The minimum absolute atomic E-state index is 0.911. The van der Waals surface area contributed by atoms with E-state index in [4.69, 9.17) is 4.42 Å². The van der Waals surface area contributed by atoms with E-state index in [1.54, 1.807) is 0 Å². The largest absolute Gasteiger partial charge is 0.455 e. The summed E-state index contributed by atoms with van der Waals surface area (Å²) < 4.78 is 9.01. The zero-order chi connectivity index (χ0) is 32.3. The summed E-state index contributed by atoms with van der Waals surface area (Å²) in [6.07, 6.45) is 0. The van der Waals surface area contributed by atoms with Crippen LogP contribution in [-0.4, -0.2) is 0 Å². The van der Waals surface area contributed by atoms with Crippen molar-refractivity contribution in [2.45, 2.75) is 0 Å². The van der Waals surface area contributed by atoms with E-state index < -0.39 is 0 Å². The van der Waals surface area contributed by atoms with E-state index in [0.717, 1.165) is 50.1 Å². The summed E-state index contributed by atoms with van der Waals surface area (Å²) in [5, 5.41) is 7.40. The first kappa shape index (κ1) is 27.9. The number of furan rings is 1. The van der Waals surface area contributed by atoms with Crippen molar-refractivity contribution < 1.29 is 4.42 Å². The lowest BCUT2D eigenvalue weighted by Gasteiger charge is -2.29. The van der Waals surface area contributed by atoms with Crippen molar-refractivity contribution in [3.8, 4) is 22.3 Å². The highest BCUT2D eigenvalue weighted by atomic mass is 32.1. The van der Waals surface area contributed by atoms with Crippen molar-refractivity contribution in [2.24, 2.45) is 0 Å². The monoisotopic (exact) mass is 643 g/mol. The van der Waals surface area contributed by atoms with Crippen LogP contribution in [0.5, 0.6) is 0 Å². The van der Waals surface area contributed by atoms with Gasteiger partial charge in [-0.2, -0.15) is 0 Å². The molecule has 0 atom stereocenters. The summed E-state index contributed by atoms with van der Waals surface area (Å²) in [5.74, 6) is 0. The smallest absolute Gasteiger partial charge is 0.143 e. The van der Waals surface area contributed by atoms with Crippen molar-refractivity contribution in [3.63, 3.8) is 0 Å². The molecule has 49 heavy (non-hydrogen) atoms. The van der Waals surface area contributed by atoms with E-state index in [1.165, 1.54) is 42.1 Å². The van der Waals surface area contributed by atoms with Gasteiger partial charge in [-0.3, -0.25) is 0 Å². The molecule has 2 aromatic heterocycles. The quantitative estimate of drug-likeness (QED) is 0.186. The highest BCUT2D eigenvalue weighted by molar-refractivity contribution is 7.26. The standard InChI is InChI=1S/C46H29NOS/c1-2-13-30(14-3-1)33-15-6-9-22-40(33)47(41-29-44-45(37-18-5-4-16-35(37)41)39-19-8-11-24-43(39)49-44)32-27-25-31(26-28-32)34-20-12-21-38-36-17-7-10-23-42(36)48-46(34)38/h1-29H. The van der Waals surface area contributed by atoms with Crippen LogP contribution in [0.2, 0.25) is 0 Å². The van der Waals surface area contributed by atoms with Crippen molar-refractivity contribution in [1.82, 2.24) is 0 Å². The second kappa shape index (κ2) is 11.2. The molecule has 0 fully saturated rings. The zero-order valence-electron chi connectivity index (χ0n) is 26.5. The van der Waals surface area contributed by atoms with Crippen molar-refractivity contribution >= 4 is 81.3 Å². The topological polar surface area (TPSA) is 16.4 Å². The minimum Gasteiger partial charge on any atom is -0.455 e. The zero-order valence-corrected chi connectivity index (χ0v) is 27.3. The number of para-hydroxylation sites is 3. The molecule has 0 spiro atoms. The summed E-state index contributed by atoms with van der Waals surface area (Å²) in [6.45, 7) is 0. The van der Waals surface area contributed by atoms with Crippen LogP contribution in [-0.2, 0) is 0 Å². The van der Waals surface area contributed by atoms with Crippen molar-refractivity contribution in [3.05, 3.63) is 176 Å². The summed E-state index contributed by atoms with van der Waals surface area (Å²) in [4.78, 5) is 2.44. The predicted molar refractivity (Wildman–Crippen MR) is 210 cm³/mol. The number of hydrogen-bond donors (Lipinski definition) is 0. The Morgan fingerprint density at radius 1 is 0.408 bits per heavy atom. The summed E-state index contributed by atoms with van der Waals surface area (Å²) in [6, 6.07) is 63.2. The molecule has 0 saturated heterocycles. The molecular formula is C46H29NOS. The molecule has 2 nitrogen and oxygen atoms in total. The molecule has 0 aliphatic rings. The number of thiophene rings is 1. The molecule has 0 N–H and O–H groups in total. The van der Waals surface area contributed by atoms with Crippen LogP contribution in [0.4, 0.5) is 17.1 Å². The van der Waals surface area contributed by atoms with Crippen LogP contribution in [0, 0.1) is 0 Å². The van der Waals surface area contributed by atoms with Crippen LogP contribution in [0.15, 0.2) is 180 Å². The van der Waals surface area contributed by atoms with Gasteiger partial charge in [-0.15, -0.1) is 11.3 Å². The number of hydrogen-bond acceptors (Lipinski definition) is 3. The van der Waals surface area contributed by atoms with Gasteiger partial charge in [0.1, 0.15) is 11.2 Å². The average molecular weight is 644 g/mol. The normalized spacial score (nSPS) is 11.7. The van der Waals surface area contributed by atoms with Crippen LogP contribution in [0.25, 0.3) is 75.1 Å². The van der Waals surface area contributed by atoms with E-state index in [0.29, 0.717) is 0 Å². The molecule has 0 saturated carbocycles. The van der Waals surface area contributed by atoms with Gasteiger partial charge in [-0.25, -0.2) is 0 Å². The molecule has 8 aromatic carbocycles. The maximum Gasteiger partial charge on any atom is 0.143 e. The van der Waals surface area contributed by atoms with Gasteiger partial charge in [-0.1, -0.05) is 140 Å². The van der Waals surface area contributed by atoms with Gasteiger partial charge in [0.25, 0.3) is 0 Å². The maximum absolute atomic E-state index is 6.42. The lowest BCUT2D eigenvalue weighted by atomic mass is 9.98. The molecule has 0 aliphatic carbocycles. The van der Waals surface area contributed by atoms with E-state index in [-0.39, 0.29) is 0 Å². The van der Waals surface area contributed by atoms with Crippen molar-refractivity contribution in [2.75, 3.05) is 4.90 Å². The van der Waals surface area contributed by atoms with E-state index in [1.807, 2.05) is 23.5 Å². The Balaban J connectivity index is 1.22. The van der Waals surface area contributed by atoms with E-state index in [2.05, 4.69) is 169 Å². The molecule has 0 radical (unpaired) electrons. The predicted octanol–water partition coefficient (Wildman–Crippen LogP) is 13.9. The fourth-order valence-corrected chi connectivity index (χ4v) is 8.61. The summed E-state index contributed by atoms with van der Waals surface area (Å²) in [5.41, 5.74) is 9.79. The average Bonchev–Trinajstić information content (AvgIpc) is 3.74. The number of nitrogens with zero attached hydrogens (tertiary/aromatic N) is 1. The number of fused-ring (bicyclic) bond motifs is 8. The van der Waals surface area contributed by atoms with Gasteiger partial charge in [0.05, 0.1) is 11.4 Å². The lowest BCUT2D eigenvalue weighted by molar-refractivity contribution is 0.670. The third kappa shape index (κ3) is 4.47. The second-order valence-corrected chi connectivity index (χ2v) is 13.5. The van der Waals surface area contributed by atoms with Gasteiger partial charge in [0, 0.05) is 53.1 Å². The molecule has 10 aromatic rings. The Kier molecular flexibility index (Phi) is 6.39. The summed E-state index contributed by atoms with van der Waals surface area (Å²) >= 11 is 1.86. The fraction of sp³-hybridized carbons (Fsp3) is 0. The number of rotatable bonds is 5. The Bertz CT molecular complexity index is 2830. The van der Waals surface area contributed by atoms with Crippen LogP contribution >= 0.6 is 11.3 Å². The van der Waals surface area contributed by atoms with Crippen LogP contribution in [0.3, 0.4) is 0 Å². The number of anilines is 3. The first-order valence-electron chi connectivity index (χ1n) is 16.6. The fourth-order valence-electron chi connectivity index (χ4n) is 7.46. The third-order valence-corrected chi connectivity index (χ3v) is 10.8. The first-order chi connectivity index (χ1) is 24.3. The molecule has 0 bridgehead atoms. The van der Waals surface area contributed by atoms with Gasteiger partial charge < -0.3 is 9.32 Å². The Hall–Kier alpha value is -6.16. The highest BCUT2D eigenvalue weighted by Gasteiger charge is 2.22. The Morgan fingerprint density at radius 2 is 1.04 bits per heavy atom. The molecule has 0 amide bonds. The molecule has 0 unspecified atom stereocenters. The van der Waals surface area contributed by atoms with Crippen LogP contribution in [0.1, 0.15) is 0 Å². The van der Waals surface area contributed by atoms with Crippen molar-refractivity contribution in [1.29, 1.82) is 0 Å². The maximum atomic E-state index is 6.42. The van der Waals surface area contributed by atoms with Gasteiger partial charge >= 0.3 is 0 Å². The highest BCUT2D eigenvalue weighted by Crippen LogP contribution is 2.48. The number of benzene rings is 8. The van der Waals surface area contributed by atoms with E-state index in [9.17, 15) is 0 Å². The SMILES string of the molecule is c1ccc(-c2ccccc2N(c2ccc(-c3cccc4c3oc3ccccc34)cc2)c2cc3sc4ccccc4c3c3ccccc23)cc1. The molecule has 230 valence electrons. The molecule has 0 aliphatic heterocycles. The molecule has 3 heteroatoms. The Labute approximate surface area is 287 Å². The molecule has 10 rings (SSSR count). The van der Waals surface area contributed by atoms with Crippen LogP contribution < -0.4 is 4.90 Å². The third-order valence-electron chi connectivity index (χ3n) is 9.67.